The summed E-state index contributed by atoms with van der Waals surface area (Å²) in [7, 11) is 1.49. The van der Waals surface area contributed by atoms with Crippen molar-refractivity contribution in [1.29, 1.82) is 0 Å². The van der Waals surface area contributed by atoms with Crippen molar-refractivity contribution in [2.24, 2.45) is 10.7 Å². The standard InChI is InChI=1S/C23H21F3N6O3/c1-35-10-9-32-14-16(4-7-21(32)33)22(34)31-20-6-5-17(13-29-20)30-19(23(24,25)26)11-18(27)15-3-2-8-28-12-15/h2-8,11-14H,9-10,27H2,1H3,(H,29,31,34). The second-order valence-electron chi connectivity index (χ2n) is 7.13. The summed E-state index contributed by atoms with van der Waals surface area (Å²) in [5.74, 6) is -0.467. The van der Waals surface area contributed by atoms with Crippen LogP contribution in [0, 0.1) is 0 Å². The van der Waals surface area contributed by atoms with Gasteiger partial charge in [-0.1, -0.05) is 0 Å². The first-order valence-electron chi connectivity index (χ1n) is 10.2. The molecular weight excluding hydrogens is 465 g/mol. The van der Waals surface area contributed by atoms with Crippen molar-refractivity contribution in [3.8, 4) is 0 Å². The normalized spacial score (nSPS) is 12.5. The van der Waals surface area contributed by atoms with Gasteiger partial charge in [0, 0.05) is 49.6 Å². The Morgan fingerprint density at radius 3 is 2.63 bits per heavy atom. The fraction of sp³-hybridized carbons (Fsp3) is 0.174. The molecule has 9 nitrogen and oxygen atoms in total. The Bertz CT molecular complexity index is 1290. The number of nitrogens with one attached hydrogen (secondary N) is 1. The molecule has 35 heavy (non-hydrogen) atoms. The number of nitrogens with two attached hydrogens (primary N) is 1. The van der Waals surface area contributed by atoms with E-state index < -0.39 is 17.8 Å². The van der Waals surface area contributed by atoms with Crippen LogP contribution in [0.15, 0.2) is 77.0 Å². The van der Waals surface area contributed by atoms with Crippen LogP contribution in [0.1, 0.15) is 15.9 Å². The molecule has 0 fully saturated rings. The maximum atomic E-state index is 13.5. The average Bonchev–Trinajstić information content (AvgIpc) is 2.84. The van der Waals surface area contributed by atoms with Gasteiger partial charge >= 0.3 is 6.18 Å². The van der Waals surface area contributed by atoms with E-state index in [9.17, 15) is 22.8 Å². The highest BCUT2D eigenvalue weighted by molar-refractivity contribution is 6.05. The molecule has 0 aliphatic heterocycles. The highest BCUT2D eigenvalue weighted by Crippen LogP contribution is 2.24. The van der Waals surface area contributed by atoms with Crippen LogP contribution in [0.25, 0.3) is 5.70 Å². The molecule has 0 aliphatic rings. The minimum absolute atomic E-state index is 0.0857. The van der Waals surface area contributed by atoms with E-state index in [4.69, 9.17) is 10.5 Å². The molecule has 3 heterocycles. The highest BCUT2D eigenvalue weighted by atomic mass is 19.4. The zero-order valence-electron chi connectivity index (χ0n) is 18.5. The lowest BCUT2D eigenvalue weighted by atomic mass is 10.1. The predicted molar refractivity (Wildman–Crippen MR) is 124 cm³/mol. The summed E-state index contributed by atoms with van der Waals surface area (Å²) in [5, 5.41) is 2.52. The zero-order chi connectivity index (χ0) is 25.4. The summed E-state index contributed by atoms with van der Waals surface area (Å²) >= 11 is 0. The molecule has 12 heteroatoms. The van der Waals surface area contributed by atoms with E-state index in [0.29, 0.717) is 11.6 Å². The molecule has 3 rings (SSSR count). The fourth-order valence-electron chi connectivity index (χ4n) is 2.83. The van der Waals surface area contributed by atoms with E-state index in [2.05, 4.69) is 20.3 Å². The summed E-state index contributed by atoms with van der Waals surface area (Å²) < 4.78 is 46.8. The molecular formula is C23H21F3N6O3. The third-order valence-corrected chi connectivity index (χ3v) is 4.60. The number of carbonyl (C=O) groups excluding carboxylic acids is 1. The van der Waals surface area contributed by atoms with Crippen molar-refractivity contribution in [3.05, 3.63) is 88.7 Å². The topological polar surface area (TPSA) is 124 Å². The zero-order valence-corrected chi connectivity index (χ0v) is 18.5. The van der Waals surface area contributed by atoms with Gasteiger partial charge in [0.05, 0.1) is 24.1 Å². The number of ether oxygens (including phenoxy) is 1. The van der Waals surface area contributed by atoms with E-state index in [1.54, 1.807) is 6.07 Å². The van der Waals surface area contributed by atoms with Crippen LogP contribution in [0.4, 0.5) is 24.7 Å². The monoisotopic (exact) mass is 486 g/mol. The molecule has 0 saturated carbocycles. The molecule has 3 aromatic heterocycles. The molecule has 182 valence electrons. The third-order valence-electron chi connectivity index (χ3n) is 4.60. The van der Waals surface area contributed by atoms with Crippen LogP contribution in [0.5, 0.6) is 0 Å². The molecule has 0 saturated heterocycles. The number of aromatic nitrogens is 3. The summed E-state index contributed by atoms with van der Waals surface area (Å²) in [5.41, 5.74) is 4.51. The van der Waals surface area contributed by atoms with Gasteiger partial charge in [0.2, 0.25) is 0 Å². The fourth-order valence-corrected chi connectivity index (χ4v) is 2.83. The lowest BCUT2D eigenvalue weighted by Gasteiger charge is -2.10. The third kappa shape index (κ3) is 7.08. The Hall–Kier alpha value is -4.32. The van der Waals surface area contributed by atoms with Crippen LogP contribution in [0.3, 0.4) is 0 Å². The van der Waals surface area contributed by atoms with Gasteiger partial charge in [-0.2, -0.15) is 13.2 Å². The van der Waals surface area contributed by atoms with Gasteiger partial charge in [-0.15, -0.1) is 0 Å². The van der Waals surface area contributed by atoms with Crippen molar-refractivity contribution in [3.63, 3.8) is 0 Å². The molecule has 3 aromatic rings. The van der Waals surface area contributed by atoms with E-state index >= 15 is 0 Å². The molecule has 0 atom stereocenters. The number of nitrogens with zero attached hydrogens (tertiary/aromatic N) is 4. The van der Waals surface area contributed by atoms with Gasteiger partial charge in [0.1, 0.15) is 11.5 Å². The van der Waals surface area contributed by atoms with Gasteiger partial charge in [0.25, 0.3) is 11.5 Å². The largest absolute Gasteiger partial charge is 0.433 e. The quantitative estimate of drug-likeness (QED) is 0.472. The van der Waals surface area contributed by atoms with Crippen molar-refractivity contribution in [1.82, 2.24) is 14.5 Å². The Morgan fingerprint density at radius 2 is 2.00 bits per heavy atom. The average molecular weight is 486 g/mol. The van der Waals surface area contributed by atoms with E-state index in [1.165, 1.54) is 60.6 Å². The minimum atomic E-state index is -4.77. The molecule has 0 radical (unpaired) electrons. The van der Waals surface area contributed by atoms with Gasteiger partial charge < -0.3 is 20.4 Å². The van der Waals surface area contributed by atoms with Crippen LogP contribution in [-0.2, 0) is 11.3 Å². The van der Waals surface area contributed by atoms with Crippen LogP contribution in [-0.4, -0.2) is 46.0 Å². The first kappa shape index (κ1) is 25.3. The minimum Gasteiger partial charge on any atom is -0.398 e. The summed E-state index contributed by atoms with van der Waals surface area (Å²) in [6.07, 6.45) is 1.21. The second kappa shape index (κ2) is 11.2. The summed E-state index contributed by atoms with van der Waals surface area (Å²) in [6, 6.07) is 8.25. The smallest absolute Gasteiger partial charge is 0.398 e. The number of alkyl halides is 3. The Labute approximate surface area is 197 Å². The number of pyridine rings is 3. The number of methoxy groups -OCH3 is 1. The number of anilines is 1. The van der Waals surface area contributed by atoms with Crippen LogP contribution in [0.2, 0.25) is 0 Å². The molecule has 0 aliphatic carbocycles. The van der Waals surface area contributed by atoms with Crippen LogP contribution >= 0.6 is 0 Å². The van der Waals surface area contributed by atoms with E-state index in [0.717, 1.165) is 6.20 Å². The van der Waals surface area contributed by atoms with Crippen molar-refractivity contribution in [2.75, 3.05) is 19.0 Å². The number of hydrogen-bond donors (Lipinski definition) is 2. The van der Waals surface area contributed by atoms with Gasteiger partial charge in [0.15, 0.2) is 0 Å². The molecule has 3 N–H and O–H groups in total. The molecule has 1 amide bonds. The molecule has 0 aromatic carbocycles. The Balaban J connectivity index is 1.78. The lowest BCUT2D eigenvalue weighted by Crippen LogP contribution is -2.23. The van der Waals surface area contributed by atoms with Gasteiger partial charge in [-0.3, -0.25) is 14.6 Å². The van der Waals surface area contributed by atoms with Crippen molar-refractivity contribution >= 4 is 28.8 Å². The number of amides is 1. The molecule has 0 unspecified atom stereocenters. The van der Waals surface area contributed by atoms with E-state index in [-0.39, 0.29) is 41.5 Å². The predicted octanol–water partition coefficient (Wildman–Crippen LogP) is 3.17. The number of carbonyl (C=O) groups is 1. The molecule has 0 spiro atoms. The first-order valence-corrected chi connectivity index (χ1v) is 10.2. The SMILES string of the molecule is COCCn1cc(C(=O)Nc2ccc(N=C(C=C(N)c3cccnc3)C(F)(F)F)cn2)ccc1=O. The number of allylic oxidation sites excluding steroid dienone is 1. The summed E-state index contributed by atoms with van der Waals surface area (Å²) in [4.78, 5) is 35.7. The Morgan fingerprint density at radius 1 is 1.20 bits per heavy atom. The lowest BCUT2D eigenvalue weighted by molar-refractivity contribution is -0.0576. The molecule has 0 bridgehead atoms. The number of halogens is 3. The van der Waals surface area contributed by atoms with Crippen LogP contribution < -0.4 is 16.6 Å². The maximum absolute atomic E-state index is 13.5. The first-order chi connectivity index (χ1) is 16.7. The number of aliphatic imine (C=N–C) groups is 1. The van der Waals surface area contributed by atoms with Crippen molar-refractivity contribution < 1.29 is 22.7 Å². The maximum Gasteiger partial charge on any atom is 0.433 e. The Kier molecular flexibility index (Phi) is 8.10. The number of rotatable bonds is 8. The van der Waals surface area contributed by atoms with E-state index in [1.807, 2.05) is 0 Å². The highest BCUT2D eigenvalue weighted by Gasteiger charge is 2.34. The summed E-state index contributed by atoms with van der Waals surface area (Å²) in [6.45, 7) is 0.556. The number of hydrogen-bond acceptors (Lipinski definition) is 7. The second-order valence-corrected chi connectivity index (χ2v) is 7.13. The van der Waals surface area contributed by atoms with Gasteiger partial charge in [-0.25, -0.2) is 9.98 Å². The van der Waals surface area contributed by atoms with Crippen molar-refractivity contribution in [2.45, 2.75) is 12.7 Å². The van der Waals surface area contributed by atoms with Gasteiger partial charge in [-0.05, 0) is 36.4 Å².